The van der Waals surface area contributed by atoms with Crippen LogP contribution in [-0.4, -0.2) is 52.1 Å². The van der Waals surface area contributed by atoms with Crippen LogP contribution >= 0.6 is 11.3 Å². The number of esters is 1. The summed E-state index contributed by atoms with van der Waals surface area (Å²) in [6.45, 7) is 7.85. The zero-order valence-corrected chi connectivity index (χ0v) is 24.3. The quantitative estimate of drug-likeness (QED) is 0.250. The van der Waals surface area contributed by atoms with Gasteiger partial charge in [0.25, 0.3) is 0 Å². The third kappa shape index (κ3) is 5.05. The number of nitrogens with one attached hydrogen (secondary N) is 1. The number of nitrogen functional groups attached to an aromatic ring is 1. The minimum Gasteiger partial charge on any atom is -0.462 e. The molecule has 1 aliphatic heterocycles. The summed E-state index contributed by atoms with van der Waals surface area (Å²) in [4.78, 5) is 35.7. The van der Waals surface area contributed by atoms with Gasteiger partial charge >= 0.3 is 5.97 Å². The number of hydrogen-bond donors (Lipinski definition) is 2. The fraction of sp³-hybridized carbons (Fsp3) is 0.258. The second kappa shape index (κ2) is 11.4. The van der Waals surface area contributed by atoms with Crippen LogP contribution in [0, 0.1) is 19.7 Å². The van der Waals surface area contributed by atoms with Gasteiger partial charge in [-0.05, 0) is 44.0 Å². The zero-order chi connectivity index (χ0) is 29.4. The van der Waals surface area contributed by atoms with E-state index in [4.69, 9.17) is 20.4 Å². The number of anilines is 2. The highest BCUT2D eigenvalue weighted by Crippen LogP contribution is 2.43. The van der Waals surface area contributed by atoms with Gasteiger partial charge in [0.15, 0.2) is 11.6 Å². The highest BCUT2D eigenvalue weighted by Gasteiger charge is 2.30. The van der Waals surface area contributed by atoms with E-state index < -0.39 is 5.97 Å². The molecular weight excluding hydrogens is 553 g/mol. The van der Waals surface area contributed by atoms with Crippen molar-refractivity contribution in [3.05, 3.63) is 82.8 Å². The van der Waals surface area contributed by atoms with E-state index in [2.05, 4.69) is 20.2 Å². The summed E-state index contributed by atoms with van der Waals surface area (Å²) < 4.78 is 19.0. The number of aromatic nitrogens is 4. The molecule has 42 heavy (non-hydrogen) atoms. The Kier molecular flexibility index (Phi) is 7.53. The number of halogens is 1. The summed E-state index contributed by atoms with van der Waals surface area (Å²) in [5.74, 6) is 1.08. The van der Waals surface area contributed by atoms with Crippen molar-refractivity contribution in [3.63, 3.8) is 0 Å². The van der Waals surface area contributed by atoms with Gasteiger partial charge in [-0.3, -0.25) is 0 Å². The highest BCUT2D eigenvalue weighted by molar-refractivity contribution is 7.22. The smallest absolute Gasteiger partial charge is 0.343 e. The summed E-state index contributed by atoms with van der Waals surface area (Å²) in [6, 6.07) is 16.4. The molecular formula is C31H30FN7O2S. The van der Waals surface area contributed by atoms with Crippen LogP contribution in [0.5, 0.6) is 0 Å². The van der Waals surface area contributed by atoms with E-state index >= 15 is 0 Å². The predicted molar refractivity (Wildman–Crippen MR) is 163 cm³/mol. The van der Waals surface area contributed by atoms with Crippen molar-refractivity contribution in [2.75, 3.05) is 36.9 Å². The first kappa shape index (κ1) is 27.7. The lowest BCUT2D eigenvalue weighted by molar-refractivity contribution is 0.0526. The SMILES string of the molecule is CCOC(=O)c1c(C)nc(-c2sc3nc(-c4ccccc4)nc(N4CCNCC4c4ccc(F)cc4)c3c2C)nc1N. The topological polar surface area (TPSA) is 119 Å². The normalized spacial score (nSPS) is 15.2. The Balaban J connectivity index is 1.54. The molecule has 1 aliphatic rings. The molecule has 1 fully saturated rings. The molecule has 1 saturated heterocycles. The summed E-state index contributed by atoms with van der Waals surface area (Å²) in [7, 11) is 0. The Morgan fingerprint density at radius 1 is 1.07 bits per heavy atom. The maximum Gasteiger partial charge on any atom is 0.343 e. The third-order valence-electron chi connectivity index (χ3n) is 7.37. The number of nitrogens with two attached hydrogens (primary N) is 1. The van der Waals surface area contributed by atoms with Crippen molar-refractivity contribution in [1.82, 2.24) is 25.3 Å². The molecule has 3 aromatic heterocycles. The van der Waals surface area contributed by atoms with Crippen molar-refractivity contribution >= 4 is 39.2 Å². The summed E-state index contributed by atoms with van der Waals surface area (Å²) in [6.07, 6.45) is 0. The molecule has 0 spiro atoms. The van der Waals surface area contributed by atoms with E-state index in [-0.39, 0.29) is 29.8 Å². The second-order valence-corrected chi connectivity index (χ2v) is 11.1. The van der Waals surface area contributed by atoms with Gasteiger partial charge in [-0.15, -0.1) is 11.3 Å². The Bertz CT molecular complexity index is 1750. The zero-order valence-electron chi connectivity index (χ0n) is 23.5. The molecule has 2 aromatic carbocycles. The molecule has 0 aliphatic carbocycles. The van der Waals surface area contributed by atoms with E-state index in [1.54, 1.807) is 13.8 Å². The number of rotatable bonds is 6. The lowest BCUT2D eigenvalue weighted by Crippen LogP contribution is -2.46. The van der Waals surface area contributed by atoms with Crippen molar-refractivity contribution in [2.24, 2.45) is 0 Å². The van der Waals surface area contributed by atoms with Crippen molar-refractivity contribution < 1.29 is 13.9 Å². The lowest BCUT2D eigenvalue weighted by Gasteiger charge is -2.38. The van der Waals surface area contributed by atoms with Gasteiger partial charge in [-0.1, -0.05) is 42.5 Å². The van der Waals surface area contributed by atoms with Gasteiger partial charge < -0.3 is 20.7 Å². The Morgan fingerprint density at radius 2 is 1.83 bits per heavy atom. The predicted octanol–water partition coefficient (Wildman–Crippen LogP) is 5.48. The maximum atomic E-state index is 13.8. The first-order valence-corrected chi connectivity index (χ1v) is 14.6. The van der Waals surface area contributed by atoms with Crippen LogP contribution in [0.4, 0.5) is 16.0 Å². The van der Waals surface area contributed by atoms with Crippen molar-refractivity contribution in [2.45, 2.75) is 26.8 Å². The number of piperazine rings is 1. The minimum atomic E-state index is -0.543. The molecule has 0 saturated carbocycles. The molecule has 3 N–H and O–H groups in total. The summed E-state index contributed by atoms with van der Waals surface area (Å²) in [5.41, 5.74) is 9.69. The molecule has 0 radical (unpaired) electrons. The van der Waals surface area contributed by atoms with Crippen LogP contribution in [0.25, 0.3) is 32.3 Å². The minimum absolute atomic E-state index is 0.0678. The number of hydrogen-bond acceptors (Lipinski definition) is 10. The fourth-order valence-electron chi connectivity index (χ4n) is 5.35. The van der Waals surface area contributed by atoms with Crippen molar-refractivity contribution in [1.29, 1.82) is 0 Å². The van der Waals surface area contributed by atoms with Gasteiger partial charge in [0.2, 0.25) is 0 Å². The van der Waals surface area contributed by atoms with Crippen LogP contribution < -0.4 is 16.0 Å². The van der Waals surface area contributed by atoms with Gasteiger partial charge in [0.1, 0.15) is 27.8 Å². The fourth-order valence-corrected chi connectivity index (χ4v) is 6.46. The number of benzene rings is 2. The van der Waals surface area contributed by atoms with Gasteiger partial charge in [0, 0.05) is 25.2 Å². The molecule has 1 atom stereocenters. The van der Waals surface area contributed by atoms with Crippen molar-refractivity contribution in [3.8, 4) is 22.1 Å². The van der Waals surface area contributed by atoms with E-state index in [0.29, 0.717) is 30.4 Å². The molecule has 0 bridgehead atoms. The summed E-state index contributed by atoms with van der Waals surface area (Å²) >= 11 is 1.47. The molecule has 1 unspecified atom stereocenters. The Morgan fingerprint density at radius 3 is 2.55 bits per heavy atom. The average molecular weight is 584 g/mol. The monoisotopic (exact) mass is 583 g/mol. The van der Waals surface area contributed by atoms with Crippen LogP contribution in [0.2, 0.25) is 0 Å². The highest BCUT2D eigenvalue weighted by atomic mass is 32.1. The number of carbonyl (C=O) groups excluding carboxylic acids is 1. The van der Waals surface area contributed by atoms with Crippen LogP contribution in [0.15, 0.2) is 54.6 Å². The van der Waals surface area contributed by atoms with Crippen LogP contribution in [-0.2, 0) is 4.74 Å². The van der Waals surface area contributed by atoms with Crippen LogP contribution in [0.3, 0.4) is 0 Å². The van der Waals surface area contributed by atoms with Gasteiger partial charge in [-0.25, -0.2) is 29.1 Å². The molecule has 0 amide bonds. The van der Waals surface area contributed by atoms with Crippen LogP contribution in [0.1, 0.15) is 40.1 Å². The average Bonchev–Trinajstić information content (AvgIpc) is 3.33. The molecule has 4 heterocycles. The molecule has 11 heteroatoms. The van der Waals surface area contributed by atoms with E-state index in [1.807, 2.05) is 49.4 Å². The largest absolute Gasteiger partial charge is 0.462 e. The van der Waals surface area contributed by atoms with E-state index in [1.165, 1.54) is 23.5 Å². The van der Waals surface area contributed by atoms with E-state index in [0.717, 1.165) is 44.1 Å². The second-order valence-electron chi connectivity index (χ2n) is 10.1. The van der Waals surface area contributed by atoms with E-state index in [9.17, 15) is 9.18 Å². The van der Waals surface area contributed by atoms with Gasteiger partial charge in [0.05, 0.1) is 28.6 Å². The first-order valence-electron chi connectivity index (χ1n) is 13.8. The molecule has 9 nitrogen and oxygen atoms in total. The molecule has 214 valence electrons. The Hall–Kier alpha value is -4.48. The number of carbonyl (C=O) groups is 1. The number of nitrogens with zero attached hydrogens (tertiary/aromatic N) is 5. The number of thiophene rings is 1. The number of fused-ring (bicyclic) bond motifs is 1. The standard InChI is InChI=1S/C31H30FN7O2S/c1-4-41-31(40)24-18(3)35-28(36-26(24)33)25-17(2)23-29(37-27(38-30(23)42-25)20-8-6-5-7-9-20)39-15-14-34-16-22(39)19-10-12-21(32)13-11-19/h5-13,22,34H,4,14-16H2,1-3H3,(H2,33,35,36). The number of ether oxygens (including phenoxy) is 1. The van der Waals surface area contributed by atoms with Gasteiger partial charge in [-0.2, -0.15) is 0 Å². The third-order valence-corrected chi connectivity index (χ3v) is 8.56. The lowest BCUT2D eigenvalue weighted by atomic mass is 10.0. The molecule has 5 aromatic rings. The summed E-state index contributed by atoms with van der Waals surface area (Å²) in [5, 5.41) is 4.38. The molecule has 6 rings (SSSR count). The first-order chi connectivity index (χ1) is 20.4. The Labute approximate surface area is 246 Å². The number of aryl methyl sites for hydroxylation is 2. The maximum absolute atomic E-state index is 13.8.